The van der Waals surface area contributed by atoms with Crippen molar-refractivity contribution in [2.75, 3.05) is 50.1 Å². The Morgan fingerprint density at radius 3 is 2.82 bits per heavy atom. The highest BCUT2D eigenvalue weighted by atomic mass is 16.5. The van der Waals surface area contributed by atoms with Crippen LogP contribution in [0, 0.1) is 0 Å². The van der Waals surface area contributed by atoms with E-state index in [1.807, 2.05) is 25.3 Å². The van der Waals surface area contributed by atoms with E-state index in [9.17, 15) is 0 Å². The summed E-state index contributed by atoms with van der Waals surface area (Å²) in [4.78, 5) is 15.5. The standard InChI is InChI=1S/C16H25N5O/c1-4-13(11-17-3)12-18-15-10-16(20-14(5-2)19-15)21-6-8-22-9-7-21/h4,10-11H,5-9,12H2,1-3H3,(H,18,19,20)/b13-4+,17-11?. The van der Waals surface area contributed by atoms with Crippen molar-refractivity contribution in [2.45, 2.75) is 20.3 Å². The van der Waals surface area contributed by atoms with Gasteiger partial charge in [0.1, 0.15) is 17.5 Å². The average Bonchev–Trinajstić information content (AvgIpc) is 2.59. The Kier molecular flexibility index (Phi) is 6.33. The predicted molar refractivity (Wildman–Crippen MR) is 91.1 cm³/mol. The molecule has 6 nitrogen and oxygen atoms in total. The lowest BCUT2D eigenvalue weighted by atomic mass is 10.2. The lowest BCUT2D eigenvalue weighted by Gasteiger charge is -2.28. The van der Waals surface area contributed by atoms with Crippen LogP contribution in [0.5, 0.6) is 0 Å². The number of nitrogens with zero attached hydrogens (tertiary/aromatic N) is 4. The van der Waals surface area contributed by atoms with Crippen LogP contribution in [-0.2, 0) is 11.2 Å². The second kappa shape index (κ2) is 8.48. The van der Waals surface area contributed by atoms with Crippen molar-refractivity contribution in [3.8, 4) is 0 Å². The Bertz CT molecular complexity index is 535. The fraction of sp³-hybridized carbons (Fsp3) is 0.562. The van der Waals surface area contributed by atoms with E-state index in [0.29, 0.717) is 6.54 Å². The van der Waals surface area contributed by atoms with Crippen molar-refractivity contribution < 1.29 is 4.74 Å². The third-order valence-corrected chi connectivity index (χ3v) is 3.55. The Morgan fingerprint density at radius 2 is 2.18 bits per heavy atom. The lowest BCUT2D eigenvalue weighted by molar-refractivity contribution is 0.122. The van der Waals surface area contributed by atoms with Gasteiger partial charge >= 0.3 is 0 Å². The van der Waals surface area contributed by atoms with Crippen LogP contribution in [0.4, 0.5) is 11.6 Å². The fourth-order valence-corrected chi connectivity index (χ4v) is 2.27. The van der Waals surface area contributed by atoms with Crippen molar-refractivity contribution in [3.05, 3.63) is 23.5 Å². The summed E-state index contributed by atoms with van der Waals surface area (Å²) in [5.74, 6) is 2.69. The van der Waals surface area contributed by atoms with Crippen LogP contribution in [0.3, 0.4) is 0 Å². The summed E-state index contributed by atoms with van der Waals surface area (Å²) in [7, 11) is 1.78. The molecule has 0 bridgehead atoms. The number of allylic oxidation sites excluding steroid dienone is 1. The molecule has 0 saturated carbocycles. The van der Waals surface area contributed by atoms with Gasteiger partial charge in [0.15, 0.2) is 0 Å². The van der Waals surface area contributed by atoms with Crippen LogP contribution < -0.4 is 10.2 Å². The molecule has 120 valence electrons. The summed E-state index contributed by atoms with van der Waals surface area (Å²) >= 11 is 0. The van der Waals surface area contributed by atoms with Crippen LogP contribution in [0.2, 0.25) is 0 Å². The van der Waals surface area contributed by atoms with Crippen LogP contribution in [-0.4, -0.2) is 56.1 Å². The van der Waals surface area contributed by atoms with Gasteiger partial charge in [-0.2, -0.15) is 0 Å². The Hall–Kier alpha value is -1.95. The van der Waals surface area contributed by atoms with Gasteiger partial charge in [0.05, 0.1) is 13.2 Å². The van der Waals surface area contributed by atoms with Gasteiger partial charge in [0.2, 0.25) is 0 Å². The summed E-state index contributed by atoms with van der Waals surface area (Å²) in [6.07, 6.45) is 4.72. The van der Waals surface area contributed by atoms with E-state index < -0.39 is 0 Å². The molecule has 0 atom stereocenters. The summed E-state index contributed by atoms with van der Waals surface area (Å²) in [5.41, 5.74) is 1.13. The molecule has 0 aromatic carbocycles. The number of anilines is 2. The Balaban J connectivity index is 2.13. The van der Waals surface area contributed by atoms with Gasteiger partial charge in [0.25, 0.3) is 0 Å². The van der Waals surface area contributed by atoms with Crippen molar-refractivity contribution in [1.82, 2.24) is 9.97 Å². The normalized spacial score (nSPS) is 16.3. The smallest absolute Gasteiger partial charge is 0.134 e. The van der Waals surface area contributed by atoms with Gasteiger partial charge in [-0.05, 0) is 12.5 Å². The number of morpholine rings is 1. The lowest BCUT2D eigenvalue weighted by Crippen LogP contribution is -2.37. The molecule has 2 rings (SSSR count). The molecular formula is C16H25N5O. The summed E-state index contributed by atoms with van der Waals surface area (Å²) in [5, 5.41) is 3.37. The predicted octanol–water partition coefficient (Wildman–Crippen LogP) is 1.93. The topological polar surface area (TPSA) is 62.6 Å². The zero-order valence-corrected chi connectivity index (χ0v) is 13.7. The first-order valence-corrected chi connectivity index (χ1v) is 7.78. The summed E-state index contributed by atoms with van der Waals surface area (Å²) < 4.78 is 5.41. The molecule has 0 aliphatic carbocycles. The van der Waals surface area contributed by atoms with Crippen molar-refractivity contribution in [3.63, 3.8) is 0 Å². The van der Waals surface area contributed by atoms with E-state index in [4.69, 9.17) is 4.74 Å². The molecule has 1 aliphatic heterocycles. The first-order chi connectivity index (χ1) is 10.8. The molecule has 0 unspecified atom stereocenters. The van der Waals surface area contributed by atoms with E-state index in [2.05, 4.69) is 32.1 Å². The maximum atomic E-state index is 5.41. The molecule has 22 heavy (non-hydrogen) atoms. The molecule has 1 aliphatic rings. The number of nitrogens with one attached hydrogen (secondary N) is 1. The van der Waals surface area contributed by atoms with Gasteiger partial charge in [0, 0.05) is 45.4 Å². The molecule has 0 amide bonds. The third kappa shape index (κ3) is 4.53. The van der Waals surface area contributed by atoms with E-state index in [1.54, 1.807) is 7.05 Å². The minimum Gasteiger partial charge on any atom is -0.378 e. The largest absolute Gasteiger partial charge is 0.378 e. The van der Waals surface area contributed by atoms with Crippen LogP contribution in [0.25, 0.3) is 0 Å². The fourth-order valence-electron chi connectivity index (χ4n) is 2.27. The van der Waals surface area contributed by atoms with Crippen molar-refractivity contribution in [1.29, 1.82) is 0 Å². The zero-order chi connectivity index (χ0) is 15.8. The maximum Gasteiger partial charge on any atom is 0.134 e. The van der Waals surface area contributed by atoms with Gasteiger partial charge < -0.3 is 15.0 Å². The quantitative estimate of drug-likeness (QED) is 0.814. The first kappa shape index (κ1) is 16.4. The van der Waals surface area contributed by atoms with E-state index in [0.717, 1.165) is 55.8 Å². The number of aromatic nitrogens is 2. The second-order valence-electron chi connectivity index (χ2n) is 5.09. The Labute approximate surface area is 132 Å². The molecule has 0 spiro atoms. The minimum absolute atomic E-state index is 0.705. The number of aryl methyl sites for hydroxylation is 1. The van der Waals surface area contributed by atoms with Crippen LogP contribution in [0.1, 0.15) is 19.7 Å². The van der Waals surface area contributed by atoms with Gasteiger partial charge in [-0.25, -0.2) is 9.97 Å². The van der Waals surface area contributed by atoms with E-state index in [-0.39, 0.29) is 0 Å². The molecule has 6 heteroatoms. The molecule has 1 aromatic heterocycles. The number of ether oxygens (including phenoxy) is 1. The minimum atomic E-state index is 0.705. The molecule has 1 N–H and O–H groups in total. The highest BCUT2D eigenvalue weighted by Gasteiger charge is 2.14. The SMILES string of the molecule is C/C=C(\C=NC)CNc1cc(N2CCOCC2)nc(CC)n1. The zero-order valence-electron chi connectivity index (χ0n) is 13.7. The van der Waals surface area contributed by atoms with Gasteiger partial charge in [-0.15, -0.1) is 0 Å². The molecule has 1 saturated heterocycles. The molecule has 1 fully saturated rings. The second-order valence-corrected chi connectivity index (χ2v) is 5.09. The van der Waals surface area contributed by atoms with Gasteiger partial charge in [-0.3, -0.25) is 4.99 Å². The molecule has 2 heterocycles. The van der Waals surface area contributed by atoms with E-state index >= 15 is 0 Å². The number of hydrogen-bond acceptors (Lipinski definition) is 6. The summed E-state index contributed by atoms with van der Waals surface area (Å²) in [6.45, 7) is 8.05. The number of rotatable bonds is 6. The third-order valence-electron chi connectivity index (χ3n) is 3.55. The number of hydrogen-bond donors (Lipinski definition) is 1. The average molecular weight is 303 g/mol. The van der Waals surface area contributed by atoms with Crippen molar-refractivity contribution in [2.24, 2.45) is 4.99 Å². The monoisotopic (exact) mass is 303 g/mol. The first-order valence-electron chi connectivity index (χ1n) is 7.78. The maximum absolute atomic E-state index is 5.41. The van der Waals surface area contributed by atoms with E-state index in [1.165, 1.54) is 0 Å². The highest BCUT2D eigenvalue weighted by molar-refractivity contribution is 5.79. The van der Waals surface area contributed by atoms with Crippen molar-refractivity contribution >= 4 is 17.9 Å². The molecular weight excluding hydrogens is 278 g/mol. The van der Waals surface area contributed by atoms with Gasteiger partial charge in [-0.1, -0.05) is 13.0 Å². The number of aliphatic imine (C=N–C) groups is 1. The van der Waals surface area contributed by atoms with Crippen LogP contribution in [0.15, 0.2) is 22.7 Å². The molecule has 1 aromatic rings. The summed E-state index contributed by atoms with van der Waals surface area (Å²) in [6, 6.07) is 2.01. The van der Waals surface area contributed by atoms with Crippen LogP contribution >= 0.6 is 0 Å². The Morgan fingerprint density at radius 1 is 1.41 bits per heavy atom. The highest BCUT2D eigenvalue weighted by Crippen LogP contribution is 2.17. The molecule has 0 radical (unpaired) electrons.